The molecule has 0 bridgehead atoms. The van der Waals surface area contributed by atoms with Crippen LogP contribution in [-0.2, 0) is 11.2 Å². The Hall–Kier alpha value is -1.35. The molecule has 1 heterocycles. The van der Waals surface area contributed by atoms with Crippen LogP contribution in [-0.4, -0.2) is 24.0 Å². The fraction of sp³-hybridized carbons (Fsp3) is 0.364. The topological polar surface area (TPSA) is 49.3 Å². The van der Waals surface area contributed by atoms with Crippen molar-refractivity contribution in [1.29, 1.82) is 0 Å². The highest BCUT2D eigenvalue weighted by molar-refractivity contribution is 5.85. The van der Waals surface area contributed by atoms with Gasteiger partial charge in [-0.05, 0) is 18.1 Å². The standard InChI is InChI=1S/C11H13NO2/c13-10-4-2-1-3-8(10)5-9-6-12-7-11(9)14/h1-4,9,12-13H,5-7H2. The highest BCUT2D eigenvalue weighted by Crippen LogP contribution is 2.20. The molecule has 0 aromatic heterocycles. The molecule has 1 saturated heterocycles. The number of carbonyl (C=O) groups excluding carboxylic acids is 1. The third kappa shape index (κ3) is 1.77. The van der Waals surface area contributed by atoms with Gasteiger partial charge in [0.25, 0.3) is 0 Å². The van der Waals surface area contributed by atoms with Crippen molar-refractivity contribution in [3.63, 3.8) is 0 Å². The second kappa shape index (κ2) is 3.80. The van der Waals surface area contributed by atoms with Crippen molar-refractivity contribution < 1.29 is 9.90 Å². The molecule has 2 N–H and O–H groups in total. The number of rotatable bonds is 2. The van der Waals surface area contributed by atoms with Crippen molar-refractivity contribution in [3.05, 3.63) is 29.8 Å². The van der Waals surface area contributed by atoms with Crippen molar-refractivity contribution >= 4 is 5.78 Å². The van der Waals surface area contributed by atoms with Gasteiger partial charge in [-0.2, -0.15) is 0 Å². The van der Waals surface area contributed by atoms with Crippen LogP contribution >= 0.6 is 0 Å². The predicted octanol–water partition coefficient (Wildman–Crippen LogP) is 0.723. The molecule has 0 radical (unpaired) electrons. The molecule has 1 aliphatic rings. The number of hydrogen-bond donors (Lipinski definition) is 2. The molecule has 2 rings (SSSR count). The van der Waals surface area contributed by atoms with E-state index in [1.165, 1.54) is 0 Å². The summed E-state index contributed by atoms with van der Waals surface area (Å²) in [4.78, 5) is 11.3. The average molecular weight is 191 g/mol. The Morgan fingerprint density at radius 3 is 2.86 bits per heavy atom. The maximum Gasteiger partial charge on any atom is 0.151 e. The van der Waals surface area contributed by atoms with E-state index in [0.29, 0.717) is 13.0 Å². The lowest BCUT2D eigenvalue weighted by Gasteiger charge is -2.08. The van der Waals surface area contributed by atoms with Crippen LogP contribution in [0.3, 0.4) is 0 Å². The van der Waals surface area contributed by atoms with Gasteiger partial charge in [0.15, 0.2) is 5.78 Å². The van der Waals surface area contributed by atoms with Crippen LogP contribution in [0.4, 0.5) is 0 Å². The van der Waals surface area contributed by atoms with E-state index >= 15 is 0 Å². The summed E-state index contributed by atoms with van der Waals surface area (Å²) in [6.07, 6.45) is 0.637. The Morgan fingerprint density at radius 2 is 2.21 bits per heavy atom. The molecule has 0 aliphatic carbocycles. The summed E-state index contributed by atoms with van der Waals surface area (Å²) < 4.78 is 0. The zero-order chi connectivity index (χ0) is 9.97. The SMILES string of the molecule is O=C1CNCC1Cc1ccccc1O. The first-order valence-corrected chi connectivity index (χ1v) is 4.77. The number of carbonyl (C=O) groups is 1. The molecule has 1 atom stereocenters. The third-order valence-electron chi connectivity index (χ3n) is 2.60. The molecule has 0 spiro atoms. The van der Waals surface area contributed by atoms with Crippen LogP contribution in [0.1, 0.15) is 5.56 Å². The van der Waals surface area contributed by atoms with Gasteiger partial charge >= 0.3 is 0 Å². The zero-order valence-electron chi connectivity index (χ0n) is 7.86. The molecule has 1 aromatic carbocycles. The maximum absolute atomic E-state index is 11.3. The monoisotopic (exact) mass is 191 g/mol. The number of nitrogens with one attached hydrogen (secondary N) is 1. The molecule has 1 aromatic rings. The summed E-state index contributed by atoms with van der Waals surface area (Å²) >= 11 is 0. The van der Waals surface area contributed by atoms with Gasteiger partial charge in [0.2, 0.25) is 0 Å². The van der Waals surface area contributed by atoms with Crippen molar-refractivity contribution in [3.8, 4) is 5.75 Å². The van der Waals surface area contributed by atoms with Crippen molar-refractivity contribution in [2.45, 2.75) is 6.42 Å². The van der Waals surface area contributed by atoms with Crippen molar-refractivity contribution in [2.24, 2.45) is 5.92 Å². The van der Waals surface area contributed by atoms with E-state index in [2.05, 4.69) is 5.32 Å². The molecule has 1 aliphatic heterocycles. The highest BCUT2D eigenvalue weighted by Gasteiger charge is 2.24. The number of hydrogen-bond acceptors (Lipinski definition) is 3. The van der Waals surface area contributed by atoms with Gasteiger partial charge in [0.1, 0.15) is 5.75 Å². The number of phenolic OH excluding ortho intramolecular Hbond substituents is 1. The number of Topliss-reactive ketones (excluding diaryl/α,β-unsaturated/α-hetero) is 1. The van der Waals surface area contributed by atoms with E-state index in [0.717, 1.165) is 12.1 Å². The highest BCUT2D eigenvalue weighted by atomic mass is 16.3. The van der Waals surface area contributed by atoms with Gasteiger partial charge in [-0.1, -0.05) is 18.2 Å². The first-order chi connectivity index (χ1) is 6.77. The molecule has 1 unspecified atom stereocenters. The Bertz CT molecular complexity index is 349. The molecular weight excluding hydrogens is 178 g/mol. The van der Waals surface area contributed by atoms with E-state index in [1.807, 2.05) is 12.1 Å². The minimum atomic E-state index is 0.0308. The molecule has 1 fully saturated rings. The Kier molecular flexibility index (Phi) is 2.50. The number of ketones is 1. The Morgan fingerprint density at radius 1 is 1.43 bits per heavy atom. The van der Waals surface area contributed by atoms with Gasteiger partial charge in [0.05, 0.1) is 6.54 Å². The second-order valence-corrected chi connectivity index (χ2v) is 3.63. The van der Waals surface area contributed by atoms with Crippen LogP contribution in [0, 0.1) is 5.92 Å². The van der Waals surface area contributed by atoms with Crippen LogP contribution in [0.5, 0.6) is 5.75 Å². The first kappa shape index (κ1) is 9.21. The van der Waals surface area contributed by atoms with E-state index in [-0.39, 0.29) is 17.5 Å². The molecular formula is C11H13NO2. The molecule has 74 valence electrons. The van der Waals surface area contributed by atoms with Crippen LogP contribution < -0.4 is 5.32 Å². The summed E-state index contributed by atoms with van der Waals surface area (Å²) in [7, 11) is 0. The predicted molar refractivity (Wildman–Crippen MR) is 53.2 cm³/mol. The maximum atomic E-state index is 11.3. The van der Waals surface area contributed by atoms with E-state index in [4.69, 9.17) is 0 Å². The van der Waals surface area contributed by atoms with Gasteiger partial charge in [-0.25, -0.2) is 0 Å². The summed E-state index contributed by atoms with van der Waals surface area (Å²) in [5.74, 6) is 0.559. The molecule has 3 heteroatoms. The van der Waals surface area contributed by atoms with Crippen LogP contribution in [0.15, 0.2) is 24.3 Å². The molecule has 14 heavy (non-hydrogen) atoms. The van der Waals surface area contributed by atoms with Gasteiger partial charge in [-0.15, -0.1) is 0 Å². The average Bonchev–Trinajstić information content (AvgIpc) is 2.56. The second-order valence-electron chi connectivity index (χ2n) is 3.63. The van der Waals surface area contributed by atoms with Gasteiger partial charge in [0, 0.05) is 12.5 Å². The fourth-order valence-corrected chi connectivity index (χ4v) is 1.76. The Balaban J connectivity index is 2.10. The van der Waals surface area contributed by atoms with E-state index in [1.54, 1.807) is 12.1 Å². The third-order valence-corrected chi connectivity index (χ3v) is 2.60. The lowest BCUT2D eigenvalue weighted by molar-refractivity contribution is -0.119. The first-order valence-electron chi connectivity index (χ1n) is 4.77. The number of phenols is 1. The quantitative estimate of drug-likeness (QED) is 0.724. The molecule has 0 saturated carbocycles. The number of benzene rings is 1. The van der Waals surface area contributed by atoms with Crippen LogP contribution in [0.2, 0.25) is 0 Å². The fourth-order valence-electron chi connectivity index (χ4n) is 1.76. The van der Waals surface area contributed by atoms with Crippen molar-refractivity contribution in [1.82, 2.24) is 5.32 Å². The van der Waals surface area contributed by atoms with Crippen molar-refractivity contribution in [2.75, 3.05) is 13.1 Å². The summed E-state index contributed by atoms with van der Waals surface area (Å²) in [6, 6.07) is 7.18. The molecule has 0 amide bonds. The van der Waals surface area contributed by atoms with Gasteiger partial charge in [-0.3, -0.25) is 4.79 Å². The number of aromatic hydroxyl groups is 1. The zero-order valence-corrected chi connectivity index (χ0v) is 7.86. The lowest BCUT2D eigenvalue weighted by Crippen LogP contribution is -2.14. The molecule has 3 nitrogen and oxygen atoms in total. The summed E-state index contributed by atoms with van der Waals surface area (Å²) in [5, 5.41) is 12.6. The largest absolute Gasteiger partial charge is 0.508 e. The summed E-state index contributed by atoms with van der Waals surface area (Å²) in [6.45, 7) is 1.20. The summed E-state index contributed by atoms with van der Waals surface area (Å²) in [5.41, 5.74) is 0.856. The lowest BCUT2D eigenvalue weighted by atomic mass is 9.97. The van der Waals surface area contributed by atoms with E-state index in [9.17, 15) is 9.90 Å². The minimum Gasteiger partial charge on any atom is -0.508 e. The minimum absolute atomic E-state index is 0.0308. The van der Waals surface area contributed by atoms with Gasteiger partial charge < -0.3 is 10.4 Å². The van der Waals surface area contributed by atoms with E-state index < -0.39 is 0 Å². The number of para-hydroxylation sites is 1. The Labute approximate surface area is 82.8 Å². The smallest absolute Gasteiger partial charge is 0.151 e. The van der Waals surface area contributed by atoms with Crippen LogP contribution in [0.25, 0.3) is 0 Å². The normalized spacial score (nSPS) is 21.4.